The second kappa shape index (κ2) is 15.4. The molecule has 3 aromatic carbocycles. The summed E-state index contributed by atoms with van der Waals surface area (Å²) >= 11 is 0. The van der Waals surface area contributed by atoms with E-state index in [9.17, 15) is 14.7 Å². The number of rotatable bonds is 13. The molecule has 0 bridgehead atoms. The van der Waals surface area contributed by atoms with Crippen LogP contribution in [0, 0.1) is 5.92 Å². The number of nitrogens with zero attached hydrogens (tertiary/aromatic N) is 1. The van der Waals surface area contributed by atoms with Gasteiger partial charge in [0.15, 0.2) is 5.60 Å². The van der Waals surface area contributed by atoms with Crippen molar-refractivity contribution < 1.29 is 28.9 Å². The van der Waals surface area contributed by atoms with Gasteiger partial charge < -0.3 is 29.5 Å². The molecular weight excluding hydrogens is 645 g/mol. The van der Waals surface area contributed by atoms with Gasteiger partial charge in [-0.3, -0.25) is 9.59 Å². The maximum Gasteiger partial charge on any atom is 0.264 e. The quantitative estimate of drug-likeness (QED) is 0.141. The highest BCUT2D eigenvalue weighted by atomic mass is 28.3. The number of methoxy groups -OCH3 is 2. The fourth-order valence-electron chi connectivity index (χ4n) is 7.85. The van der Waals surface area contributed by atoms with Crippen LogP contribution in [0.3, 0.4) is 0 Å². The van der Waals surface area contributed by atoms with Crippen LogP contribution in [0.4, 0.5) is 11.4 Å². The molecule has 9 heteroatoms. The van der Waals surface area contributed by atoms with E-state index in [2.05, 4.69) is 70.4 Å². The lowest BCUT2D eigenvalue weighted by Gasteiger charge is -2.37. The highest BCUT2D eigenvalue weighted by Gasteiger charge is 2.66. The van der Waals surface area contributed by atoms with Crippen molar-refractivity contribution in [1.29, 1.82) is 0 Å². The van der Waals surface area contributed by atoms with Crippen LogP contribution in [-0.4, -0.2) is 58.5 Å². The summed E-state index contributed by atoms with van der Waals surface area (Å²) in [6, 6.07) is 20.9. The van der Waals surface area contributed by atoms with E-state index in [0.717, 1.165) is 29.8 Å². The number of allylic oxidation sites excluding steroid dienone is 3. The molecule has 2 aliphatic heterocycles. The molecule has 1 fully saturated rings. The fourth-order valence-corrected chi connectivity index (χ4v) is 11.9. The number of carbonyl (C=O) groups excluding carboxylic acids is 2. The number of aliphatic hydroxyl groups is 1. The molecule has 2 amide bonds. The summed E-state index contributed by atoms with van der Waals surface area (Å²) in [5.74, 6) is 0.886. The largest absolute Gasteiger partial charge is 0.497 e. The van der Waals surface area contributed by atoms with Crippen LogP contribution in [-0.2, 0) is 15.1 Å². The van der Waals surface area contributed by atoms with Gasteiger partial charge in [0.1, 0.15) is 11.5 Å². The molecule has 2 aliphatic rings. The van der Waals surface area contributed by atoms with E-state index in [1.165, 1.54) is 16.3 Å². The normalized spacial score (nSPS) is 21.7. The number of ether oxygens (including phenoxy) is 3. The van der Waals surface area contributed by atoms with E-state index in [1.807, 2.05) is 35.2 Å². The summed E-state index contributed by atoms with van der Waals surface area (Å²) in [5.41, 5.74) is 3.85. The average molecular weight is 697 g/mol. The first-order valence-electron chi connectivity index (χ1n) is 17.5. The van der Waals surface area contributed by atoms with Crippen molar-refractivity contribution in [2.75, 3.05) is 37.6 Å². The Morgan fingerprint density at radius 3 is 2.22 bits per heavy atom. The number of nitrogens with one attached hydrogen (secondary N) is 1. The molecule has 266 valence electrons. The van der Waals surface area contributed by atoms with Crippen LogP contribution in [0.25, 0.3) is 0 Å². The topological polar surface area (TPSA) is 97.3 Å². The number of anilines is 2. The van der Waals surface area contributed by atoms with Crippen LogP contribution in [0.1, 0.15) is 62.9 Å². The fraction of sp³-hybridized carbons (Fsp3) is 0.415. The van der Waals surface area contributed by atoms with Gasteiger partial charge in [-0.2, -0.15) is 0 Å². The van der Waals surface area contributed by atoms with Gasteiger partial charge >= 0.3 is 0 Å². The summed E-state index contributed by atoms with van der Waals surface area (Å²) < 4.78 is 17.8. The lowest BCUT2D eigenvalue weighted by Crippen LogP contribution is -2.51. The summed E-state index contributed by atoms with van der Waals surface area (Å²) in [6.07, 6.45) is 6.31. The second-order valence-electron chi connectivity index (χ2n) is 14.4. The van der Waals surface area contributed by atoms with Crippen molar-refractivity contribution >= 4 is 36.4 Å². The zero-order chi connectivity index (χ0) is 36.2. The highest BCUT2D eigenvalue weighted by molar-refractivity contribution is 6.91. The first-order valence-corrected chi connectivity index (χ1v) is 20.6. The van der Waals surface area contributed by atoms with Gasteiger partial charge in [-0.05, 0) is 100 Å². The van der Waals surface area contributed by atoms with Gasteiger partial charge in [0.2, 0.25) is 0 Å². The highest BCUT2D eigenvalue weighted by Crippen LogP contribution is 2.60. The lowest BCUT2D eigenvalue weighted by atomic mass is 9.82. The predicted molar refractivity (Wildman–Crippen MR) is 203 cm³/mol. The summed E-state index contributed by atoms with van der Waals surface area (Å²) in [4.78, 5) is 30.2. The molecule has 4 atom stereocenters. The SMILES string of the molecule is COc1ccc(C(=O)Nc2ccc3c(c2)[C@]2(O[C@@H](CCO)[C@H]([Si](C)(C)c4ccc(OC)cc4)[C@H]2C)C(=O)N3C/C=C(\C)CCC=C(C)C)cc1. The first-order chi connectivity index (χ1) is 23.9. The Balaban J connectivity index is 1.56. The number of amides is 2. The monoisotopic (exact) mass is 696 g/mol. The van der Waals surface area contributed by atoms with Crippen LogP contribution in [0.15, 0.2) is 90.0 Å². The lowest BCUT2D eigenvalue weighted by molar-refractivity contribution is -0.146. The molecule has 0 saturated carbocycles. The zero-order valence-corrected chi connectivity index (χ0v) is 31.7. The predicted octanol–water partition coefficient (Wildman–Crippen LogP) is 7.59. The minimum atomic E-state index is -2.32. The second-order valence-corrected chi connectivity index (χ2v) is 19.1. The molecule has 0 unspecified atom stereocenters. The van der Waals surface area contributed by atoms with Gasteiger partial charge in [-0.15, -0.1) is 0 Å². The third-order valence-corrected chi connectivity index (χ3v) is 14.9. The minimum Gasteiger partial charge on any atom is -0.497 e. The smallest absolute Gasteiger partial charge is 0.264 e. The molecule has 8 nitrogen and oxygen atoms in total. The van der Waals surface area contributed by atoms with Gasteiger partial charge in [0.25, 0.3) is 11.8 Å². The Morgan fingerprint density at radius 2 is 1.62 bits per heavy atom. The molecule has 50 heavy (non-hydrogen) atoms. The number of hydrogen-bond donors (Lipinski definition) is 2. The first kappa shape index (κ1) is 37.1. The van der Waals surface area contributed by atoms with Crippen LogP contribution >= 0.6 is 0 Å². The Labute approximate surface area is 298 Å². The molecule has 5 rings (SSSR count). The van der Waals surface area contributed by atoms with Crippen molar-refractivity contribution in [3.8, 4) is 11.5 Å². The third-order valence-electron chi connectivity index (χ3n) is 10.6. The number of carbonyl (C=O) groups is 2. The van der Waals surface area contributed by atoms with Crippen molar-refractivity contribution in [2.45, 2.75) is 77.3 Å². The number of aliphatic hydroxyl groups excluding tert-OH is 1. The Hall–Kier alpha value is -4.18. The van der Waals surface area contributed by atoms with Crippen LogP contribution in [0.2, 0.25) is 18.6 Å². The maximum atomic E-state index is 15.0. The molecule has 2 heterocycles. The van der Waals surface area contributed by atoms with Crippen molar-refractivity contribution in [2.24, 2.45) is 5.92 Å². The average Bonchev–Trinajstić information content (AvgIpc) is 3.53. The van der Waals surface area contributed by atoms with Crippen LogP contribution in [0.5, 0.6) is 11.5 Å². The molecule has 1 spiro atoms. The zero-order valence-electron chi connectivity index (χ0n) is 30.7. The summed E-state index contributed by atoms with van der Waals surface area (Å²) in [6.45, 7) is 13.5. The molecule has 3 aromatic rings. The van der Waals surface area contributed by atoms with Crippen LogP contribution < -0.4 is 24.9 Å². The molecule has 2 N–H and O–H groups in total. The number of fused-ring (bicyclic) bond motifs is 2. The number of hydrogen-bond acceptors (Lipinski definition) is 6. The van der Waals surface area contributed by atoms with Crippen molar-refractivity contribution in [3.05, 3.63) is 101 Å². The Morgan fingerprint density at radius 1 is 0.980 bits per heavy atom. The van der Waals surface area contributed by atoms with Crippen molar-refractivity contribution in [3.63, 3.8) is 0 Å². The Kier molecular flexibility index (Phi) is 11.4. The molecule has 1 saturated heterocycles. The van der Waals surface area contributed by atoms with E-state index in [1.54, 1.807) is 38.5 Å². The van der Waals surface area contributed by atoms with Crippen molar-refractivity contribution in [1.82, 2.24) is 0 Å². The summed E-state index contributed by atoms with van der Waals surface area (Å²) in [5, 5.41) is 14.6. The molecule has 0 aliphatic carbocycles. The number of benzene rings is 3. The molecule has 0 aromatic heterocycles. The third kappa shape index (κ3) is 7.17. The van der Waals surface area contributed by atoms with E-state index >= 15 is 0 Å². The van der Waals surface area contributed by atoms with E-state index in [0.29, 0.717) is 30.0 Å². The van der Waals surface area contributed by atoms with Gasteiger partial charge in [-0.1, -0.05) is 60.6 Å². The standard InChI is InChI=1S/C41H52N2O6Si/c1-27(2)10-9-11-28(3)22-24-43-36-21-14-31(42-39(45)30-12-15-32(47-5)16-13-30)26-35(36)41(40(43)46)29(4)38(37(49-41)23-25-44)50(7,8)34-19-17-33(48-6)18-20-34/h10,12-22,26,29,37-38,44H,9,11,23-25H2,1-8H3,(H,42,45)/b28-22+/t29-,37+,38-,41+/m1/s1. The minimum absolute atomic E-state index is 0.0127. The van der Waals surface area contributed by atoms with Gasteiger partial charge in [0.05, 0.1) is 34.1 Å². The Bertz CT molecular complexity index is 1750. The maximum absolute atomic E-state index is 15.0. The van der Waals surface area contributed by atoms with E-state index in [4.69, 9.17) is 14.2 Å². The summed E-state index contributed by atoms with van der Waals surface area (Å²) in [7, 11) is 0.924. The molecule has 0 radical (unpaired) electrons. The van der Waals surface area contributed by atoms with E-state index < -0.39 is 13.7 Å². The molecular formula is C41H52N2O6Si. The van der Waals surface area contributed by atoms with Gasteiger partial charge in [-0.25, -0.2) is 0 Å². The van der Waals surface area contributed by atoms with E-state index in [-0.39, 0.29) is 36.0 Å². The van der Waals surface area contributed by atoms with Gasteiger partial charge in [0, 0.05) is 35.9 Å².